The average molecular weight is 246 g/mol. The van der Waals surface area contributed by atoms with Crippen molar-refractivity contribution in [2.24, 2.45) is 5.41 Å². The van der Waals surface area contributed by atoms with Crippen LogP contribution in [0.3, 0.4) is 0 Å². The molecule has 0 amide bonds. The molecule has 0 saturated carbocycles. The third-order valence-corrected chi connectivity index (χ3v) is 5.31. The Balaban J connectivity index is 2.57. The van der Waals surface area contributed by atoms with Gasteiger partial charge in [0.2, 0.25) is 0 Å². The summed E-state index contributed by atoms with van der Waals surface area (Å²) in [6.45, 7) is 12.6. The lowest BCUT2D eigenvalue weighted by Gasteiger charge is -2.40. The molecule has 1 rings (SSSR count). The minimum atomic E-state index is -0.965. The van der Waals surface area contributed by atoms with Gasteiger partial charge < -0.3 is 5.32 Å². The lowest BCUT2D eigenvalue weighted by atomic mass is 9.76. The fourth-order valence-corrected chi connectivity index (χ4v) is 2.87. The van der Waals surface area contributed by atoms with Crippen LogP contribution in [0.15, 0.2) is 0 Å². The first-order chi connectivity index (χ1) is 7.26. The van der Waals surface area contributed by atoms with Gasteiger partial charge in [-0.3, -0.25) is 0 Å². The van der Waals surface area contributed by atoms with Crippen molar-refractivity contribution in [3.63, 3.8) is 0 Å². The summed E-state index contributed by atoms with van der Waals surface area (Å²) in [6, 6.07) is 0.301. The van der Waals surface area contributed by atoms with Gasteiger partial charge in [-0.2, -0.15) is 0 Å². The van der Waals surface area contributed by atoms with Gasteiger partial charge in [0.05, 0.1) is 15.7 Å². The highest BCUT2D eigenvalue weighted by Gasteiger charge is 2.34. The van der Waals surface area contributed by atoms with Crippen molar-refractivity contribution >= 4 is 11.0 Å². The maximum absolute atomic E-state index is 12.0. The monoisotopic (exact) mass is 246 g/mol. The molecule has 16 heavy (non-hydrogen) atoms. The van der Waals surface area contributed by atoms with Gasteiger partial charge in [0.1, 0.15) is 0 Å². The second-order valence-electron chi connectivity index (χ2n) is 6.12. The summed E-state index contributed by atoms with van der Waals surface area (Å²) in [5, 5.41) is 3.37. The van der Waals surface area contributed by atoms with Gasteiger partial charge >= 0.3 is 0 Å². The second kappa shape index (κ2) is 5.15. The molecule has 0 radical (unpaired) electrons. The summed E-state index contributed by atoms with van der Waals surface area (Å²) in [6.07, 6.45) is 2.31. The van der Waals surface area contributed by atoms with E-state index in [1.807, 2.05) is 20.8 Å². The molecule has 2 N–H and O–H groups in total. The molecule has 1 fully saturated rings. The van der Waals surface area contributed by atoms with E-state index >= 15 is 0 Å². The van der Waals surface area contributed by atoms with Crippen molar-refractivity contribution in [3.8, 4) is 0 Å². The summed E-state index contributed by atoms with van der Waals surface area (Å²) in [5.41, 5.74) is 0.270. The number of nitrogens with one attached hydrogen (secondary N) is 2. The molecule has 96 valence electrons. The van der Waals surface area contributed by atoms with E-state index in [4.69, 9.17) is 0 Å². The molecule has 2 atom stereocenters. The van der Waals surface area contributed by atoms with Crippen LogP contribution in [0, 0.1) is 5.41 Å². The van der Waals surface area contributed by atoms with Crippen LogP contribution in [0.5, 0.6) is 0 Å². The quantitative estimate of drug-likeness (QED) is 0.797. The summed E-state index contributed by atoms with van der Waals surface area (Å²) in [7, 11) is -0.965. The van der Waals surface area contributed by atoms with Crippen molar-refractivity contribution in [3.05, 3.63) is 0 Å². The fourth-order valence-electron chi connectivity index (χ4n) is 1.91. The van der Waals surface area contributed by atoms with Gasteiger partial charge in [-0.05, 0) is 59.0 Å². The zero-order chi connectivity index (χ0) is 12.4. The minimum absolute atomic E-state index is 0.183. The Morgan fingerprint density at radius 1 is 1.31 bits per heavy atom. The molecule has 1 unspecified atom stereocenters. The first kappa shape index (κ1) is 14.1. The molecule has 0 aromatic carbocycles. The third-order valence-electron chi connectivity index (χ3n) is 3.63. The van der Waals surface area contributed by atoms with E-state index in [0.29, 0.717) is 6.04 Å². The van der Waals surface area contributed by atoms with Crippen molar-refractivity contribution < 1.29 is 4.21 Å². The highest BCUT2D eigenvalue weighted by molar-refractivity contribution is 7.84. The Morgan fingerprint density at radius 2 is 1.81 bits per heavy atom. The maximum atomic E-state index is 12.0. The molecule has 3 nitrogen and oxygen atoms in total. The molecule has 0 bridgehead atoms. The highest BCUT2D eigenvalue weighted by Crippen LogP contribution is 2.32. The van der Waals surface area contributed by atoms with Gasteiger partial charge in [0, 0.05) is 6.04 Å². The molecule has 1 aliphatic heterocycles. The molecular weight excluding hydrogens is 220 g/mol. The zero-order valence-corrected chi connectivity index (χ0v) is 12.0. The molecule has 0 aromatic rings. The summed E-state index contributed by atoms with van der Waals surface area (Å²) in [5.74, 6) is 0. The van der Waals surface area contributed by atoms with Crippen LogP contribution >= 0.6 is 0 Å². The Morgan fingerprint density at radius 3 is 2.25 bits per heavy atom. The van der Waals surface area contributed by atoms with Gasteiger partial charge in [-0.1, -0.05) is 6.92 Å². The Kier molecular flexibility index (Phi) is 4.55. The summed E-state index contributed by atoms with van der Waals surface area (Å²) in [4.78, 5) is 0. The average Bonchev–Trinajstić information content (AvgIpc) is 2.17. The van der Waals surface area contributed by atoms with Gasteiger partial charge in [0.25, 0.3) is 0 Å². The van der Waals surface area contributed by atoms with Crippen LogP contribution in [0.4, 0.5) is 0 Å². The van der Waals surface area contributed by atoms with E-state index in [-0.39, 0.29) is 10.2 Å². The predicted molar refractivity (Wildman–Crippen MR) is 70.7 cm³/mol. The highest BCUT2D eigenvalue weighted by atomic mass is 32.2. The van der Waals surface area contributed by atoms with E-state index < -0.39 is 11.0 Å². The molecule has 1 saturated heterocycles. The molecule has 0 aliphatic carbocycles. The number of piperidine rings is 1. The van der Waals surface area contributed by atoms with Crippen LogP contribution in [0.25, 0.3) is 0 Å². The maximum Gasteiger partial charge on any atom is 0.0972 e. The minimum Gasteiger partial charge on any atom is -0.317 e. The van der Waals surface area contributed by atoms with E-state index in [1.165, 1.54) is 0 Å². The van der Waals surface area contributed by atoms with Crippen molar-refractivity contribution in [2.45, 2.75) is 58.2 Å². The lowest BCUT2D eigenvalue weighted by molar-refractivity contribution is 0.181. The predicted octanol–water partition coefficient (Wildman–Crippen LogP) is 1.82. The first-order valence-corrected chi connectivity index (χ1v) is 7.29. The van der Waals surface area contributed by atoms with Crippen molar-refractivity contribution in [2.75, 3.05) is 13.1 Å². The Hall–Kier alpha value is 0.0700. The summed E-state index contributed by atoms with van der Waals surface area (Å²) >= 11 is 0. The van der Waals surface area contributed by atoms with Gasteiger partial charge in [0.15, 0.2) is 0 Å². The molecular formula is C12H26N2OS. The van der Waals surface area contributed by atoms with E-state index in [0.717, 1.165) is 25.9 Å². The number of rotatable bonds is 3. The molecule has 4 heteroatoms. The smallest absolute Gasteiger partial charge is 0.0972 e. The van der Waals surface area contributed by atoms with Gasteiger partial charge in [-0.25, -0.2) is 8.93 Å². The molecule has 1 heterocycles. The molecule has 0 aromatic heterocycles. The van der Waals surface area contributed by atoms with Crippen molar-refractivity contribution in [1.82, 2.24) is 10.0 Å². The van der Waals surface area contributed by atoms with Crippen LogP contribution in [0.1, 0.15) is 47.5 Å². The van der Waals surface area contributed by atoms with Crippen molar-refractivity contribution in [1.29, 1.82) is 0 Å². The fraction of sp³-hybridized carbons (Fsp3) is 1.00. The normalized spacial score (nSPS) is 25.1. The number of hydrogen-bond acceptors (Lipinski definition) is 2. The van der Waals surface area contributed by atoms with Crippen LogP contribution in [-0.4, -0.2) is 28.1 Å². The van der Waals surface area contributed by atoms with E-state index in [2.05, 4.69) is 23.9 Å². The van der Waals surface area contributed by atoms with Crippen LogP contribution in [0.2, 0.25) is 0 Å². The molecule has 1 aliphatic rings. The summed E-state index contributed by atoms with van der Waals surface area (Å²) < 4.78 is 15.1. The van der Waals surface area contributed by atoms with E-state index in [1.54, 1.807) is 0 Å². The van der Waals surface area contributed by atoms with Crippen LogP contribution in [-0.2, 0) is 11.0 Å². The van der Waals surface area contributed by atoms with E-state index in [9.17, 15) is 4.21 Å². The number of hydrogen-bond donors (Lipinski definition) is 2. The molecule has 0 spiro atoms. The lowest BCUT2D eigenvalue weighted by Crippen LogP contribution is -2.50. The topological polar surface area (TPSA) is 41.1 Å². The third kappa shape index (κ3) is 3.54. The Labute approximate surface area is 102 Å². The second-order valence-corrected chi connectivity index (χ2v) is 8.12. The standard InChI is InChI=1S/C12H26N2OS/c1-10(14-16(15)11(2,3)4)12(5)6-8-13-9-7-12/h10,13-14H,6-9H2,1-5H3/t10?,16-/m1/s1. The Bertz CT molecular complexity index is 254. The SMILES string of the molecule is CC(N[S@](=O)C(C)(C)C)C1(C)CCNCC1. The first-order valence-electron chi connectivity index (χ1n) is 6.14. The van der Waals surface area contributed by atoms with Gasteiger partial charge in [-0.15, -0.1) is 0 Å². The largest absolute Gasteiger partial charge is 0.317 e. The zero-order valence-electron chi connectivity index (χ0n) is 11.2. The van der Waals surface area contributed by atoms with Crippen LogP contribution < -0.4 is 10.0 Å².